The molecule has 0 radical (unpaired) electrons. The van der Waals surface area contributed by atoms with Crippen molar-refractivity contribution in [2.45, 2.75) is 13.8 Å². The van der Waals surface area contributed by atoms with Gasteiger partial charge in [-0.2, -0.15) is 0 Å². The van der Waals surface area contributed by atoms with Crippen molar-refractivity contribution < 1.29 is 23.9 Å². The first-order valence-electron chi connectivity index (χ1n) is 5.56. The minimum absolute atomic E-state index is 0.110. The molecule has 1 heterocycles. The van der Waals surface area contributed by atoms with E-state index in [4.69, 9.17) is 4.74 Å². The van der Waals surface area contributed by atoms with Crippen molar-refractivity contribution in [3.8, 4) is 0 Å². The highest BCUT2D eigenvalue weighted by Crippen LogP contribution is 2.10. The first kappa shape index (κ1) is 14.0. The van der Waals surface area contributed by atoms with E-state index in [-0.39, 0.29) is 24.5 Å². The average molecular weight is 253 g/mol. The Kier molecular flexibility index (Phi) is 4.65. The Balaban J connectivity index is 2.93. The number of Topliss-reactive ketones (excluding diaryl/α,β-unsaturated/α-hetero) is 1. The maximum atomic E-state index is 11.6. The second kappa shape index (κ2) is 6.00. The lowest BCUT2D eigenvalue weighted by molar-refractivity contribution is -0.137. The summed E-state index contributed by atoms with van der Waals surface area (Å²) < 4.78 is 10.9. The molecule has 0 spiro atoms. The number of rotatable bonds is 5. The predicted molar refractivity (Wildman–Crippen MR) is 62.3 cm³/mol. The van der Waals surface area contributed by atoms with E-state index < -0.39 is 17.7 Å². The molecular formula is C12H15NO5. The summed E-state index contributed by atoms with van der Waals surface area (Å²) in [6, 6.07) is 1.32. The lowest BCUT2D eigenvalue weighted by Crippen LogP contribution is -2.16. The van der Waals surface area contributed by atoms with Crippen LogP contribution in [0.4, 0.5) is 0 Å². The van der Waals surface area contributed by atoms with Crippen molar-refractivity contribution in [1.29, 1.82) is 0 Å². The maximum absolute atomic E-state index is 11.6. The number of aromatic nitrogens is 1. The molecule has 0 N–H and O–H groups in total. The SMILES string of the molecule is CCOC(=O)C(=O)c1cc(C(=O)OCC)n(C)c1. The largest absolute Gasteiger partial charge is 0.461 e. The number of hydrogen-bond donors (Lipinski definition) is 0. The molecule has 0 aliphatic carbocycles. The van der Waals surface area contributed by atoms with Crippen molar-refractivity contribution in [2.75, 3.05) is 13.2 Å². The van der Waals surface area contributed by atoms with E-state index in [9.17, 15) is 14.4 Å². The normalized spacial score (nSPS) is 9.94. The molecule has 0 aliphatic rings. The van der Waals surface area contributed by atoms with Crippen LogP contribution >= 0.6 is 0 Å². The van der Waals surface area contributed by atoms with Gasteiger partial charge in [-0.25, -0.2) is 9.59 Å². The Morgan fingerprint density at radius 1 is 1.17 bits per heavy atom. The van der Waals surface area contributed by atoms with E-state index in [0.717, 1.165) is 0 Å². The topological polar surface area (TPSA) is 74.6 Å². The summed E-state index contributed by atoms with van der Waals surface area (Å²) in [6.07, 6.45) is 1.39. The number of carbonyl (C=O) groups is 3. The van der Waals surface area contributed by atoms with Gasteiger partial charge >= 0.3 is 11.9 Å². The molecule has 0 bridgehead atoms. The fraction of sp³-hybridized carbons (Fsp3) is 0.417. The zero-order valence-electron chi connectivity index (χ0n) is 10.6. The van der Waals surface area contributed by atoms with E-state index in [2.05, 4.69) is 4.74 Å². The summed E-state index contributed by atoms with van der Waals surface area (Å²) in [5.74, 6) is -2.25. The molecule has 6 heteroatoms. The van der Waals surface area contributed by atoms with Crippen LogP contribution in [0.1, 0.15) is 34.7 Å². The minimum atomic E-state index is -0.932. The van der Waals surface area contributed by atoms with E-state index >= 15 is 0 Å². The van der Waals surface area contributed by atoms with Gasteiger partial charge in [-0.3, -0.25) is 4.79 Å². The fourth-order valence-corrected chi connectivity index (χ4v) is 1.41. The Morgan fingerprint density at radius 2 is 1.78 bits per heavy atom. The molecule has 0 fully saturated rings. The molecule has 98 valence electrons. The molecule has 0 unspecified atom stereocenters. The van der Waals surface area contributed by atoms with Gasteiger partial charge in [-0.1, -0.05) is 0 Å². The number of carbonyl (C=O) groups excluding carboxylic acids is 3. The summed E-state index contributed by atoms with van der Waals surface area (Å²) in [5.41, 5.74) is 0.323. The summed E-state index contributed by atoms with van der Waals surface area (Å²) >= 11 is 0. The van der Waals surface area contributed by atoms with Gasteiger partial charge in [0.15, 0.2) is 0 Å². The highest BCUT2D eigenvalue weighted by Gasteiger charge is 2.22. The second-order valence-electron chi connectivity index (χ2n) is 3.49. The van der Waals surface area contributed by atoms with Gasteiger partial charge in [0.1, 0.15) is 5.69 Å². The van der Waals surface area contributed by atoms with Crippen LogP contribution in [-0.2, 0) is 21.3 Å². The molecule has 0 aliphatic heterocycles. The van der Waals surface area contributed by atoms with E-state index in [1.54, 1.807) is 20.9 Å². The predicted octanol–water partition coefficient (Wildman–Crippen LogP) is 0.948. The Labute approximate surface area is 104 Å². The third-order valence-electron chi connectivity index (χ3n) is 2.21. The van der Waals surface area contributed by atoms with Gasteiger partial charge in [0.05, 0.1) is 13.2 Å². The Hall–Kier alpha value is -2.11. The summed E-state index contributed by atoms with van der Waals surface area (Å²) in [5, 5.41) is 0. The quantitative estimate of drug-likeness (QED) is 0.443. The molecule has 0 amide bonds. The molecule has 0 saturated heterocycles. The van der Waals surface area contributed by atoms with Crippen LogP contribution in [0, 0.1) is 0 Å². The molecule has 1 rings (SSSR count). The lowest BCUT2D eigenvalue weighted by atomic mass is 10.2. The molecule has 1 aromatic heterocycles. The lowest BCUT2D eigenvalue weighted by Gasteiger charge is -2.01. The van der Waals surface area contributed by atoms with E-state index in [1.165, 1.54) is 16.8 Å². The number of ketones is 1. The van der Waals surface area contributed by atoms with Gasteiger partial charge in [-0.15, -0.1) is 0 Å². The zero-order chi connectivity index (χ0) is 13.7. The maximum Gasteiger partial charge on any atom is 0.379 e. The molecule has 0 aromatic carbocycles. The first-order chi connectivity index (χ1) is 8.51. The molecule has 0 saturated carbocycles. The third-order valence-corrected chi connectivity index (χ3v) is 2.21. The summed E-state index contributed by atoms with van der Waals surface area (Å²) in [6.45, 7) is 3.67. The Bertz CT molecular complexity index is 475. The molecule has 1 aromatic rings. The fourth-order valence-electron chi connectivity index (χ4n) is 1.41. The van der Waals surface area contributed by atoms with Gasteiger partial charge < -0.3 is 14.0 Å². The van der Waals surface area contributed by atoms with Crippen LogP contribution in [0.25, 0.3) is 0 Å². The monoisotopic (exact) mass is 253 g/mol. The van der Waals surface area contributed by atoms with Crippen LogP contribution in [0.3, 0.4) is 0 Å². The smallest absolute Gasteiger partial charge is 0.379 e. The van der Waals surface area contributed by atoms with Crippen molar-refractivity contribution in [3.05, 3.63) is 23.5 Å². The number of aryl methyl sites for hydroxylation is 1. The Morgan fingerprint density at radius 3 is 2.33 bits per heavy atom. The minimum Gasteiger partial charge on any atom is -0.461 e. The van der Waals surface area contributed by atoms with E-state index in [1.807, 2.05) is 0 Å². The number of hydrogen-bond acceptors (Lipinski definition) is 5. The van der Waals surface area contributed by atoms with Gasteiger partial charge in [0.25, 0.3) is 5.78 Å². The number of esters is 2. The van der Waals surface area contributed by atoms with Crippen LogP contribution in [0.2, 0.25) is 0 Å². The van der Waals surface area contributed by atoms with Crippen molar-refractivity contribution >= 4 is 17.7 Å². The summed E-state index contributed by atoms with van der Waals surface area (Å²) in [4.78, 5) is 34.4. The average Bonchev–Trinajstić information content (AvgIpc) is 2.71. The first-order valence-corrected chi connectivity index (χ1v) is 5.56. The standard InChI is InChI=1S/C12H15NO5/c1-4-17-11(15)9-6-8(7-13(9)3)10(14)12(16)18-5-2/h6-7H,4-5H2,1-3H3. The summed E-state index contributed by atoms with van der Waals surface area (Å²) in [7, 11) is 1.59. The number of ether oxygens (including phenoxy) is 2. The molecule has 0 atom stereocenters. The van der Waals surface area contributed by atoms with E-state index in [0.29, 0.717) is 0 Å². The highest BCUT2D eigenvalue weighted by molar-refractivity contribution is 6.40. The van der Waals surface area contributed by atoms with Crippen LogP contribution in [0.5, 0.6) is 0 Å². The van der Waals surface area contributed by atoms with Gasteiger partial charge in [-0.05, 0) is 19.9 Å². The second-order valence-corrected chi connectivity index (χ2v) is 3.49. The number of nitrogens with zero attached hydrogens (tertiary/aromatic N) is 1. The van der Waals surface area contributed by atoms with Gasteiger partial charge in [0, 0.05) is 18.8 Å². The highest BCUT2D eigenvalue weighted by atomic mass is 16.5. The van der Waals surface area contributed by atoms with Crippen LogP contribution in [0.15, 0.2) is 12.3 Å². The molecule has 6 nitrogen and oxygen atoms in total. The molecule has 18 heavy (non-hydrogen) atoms. The van der Waals surface area contributed by atoms with Crippen LogP contribution < -0.4 is 0 Å². The van der Waals surface area contributed by atoms with Crippen molar-refractivity contribution in [2.24, 2.45) is 7.05 Å². The molecular weight excluding hydrogens is 238 g/mol. The van der Waals surface area contributed by atoms with Crippen LogP contribution in [-0.4, -0.2) is 35.5 Å². The van der Waals surface area contributed by atoms with Crippen molar-refractivity contribution in [3.63, 3.8) is 0 Å². The zero-order valence-corrected chi connectivity index (χ0v) is 10.6. The third kappa shape index (κ3) is 2.97. The van der Waals surface area contributed by atoms with Crippen molar-refractivity contribution in [1.82, 2.24) is 4.57 Å². The van der Waals surface area contributed by atoms with Gasteiger partial charge in [0.2, 0.25) is 0 Å².